The van der Waals surface area contributed by atoms with Crippen molar-refractivity contribution in [3.8, 4) is 0 Å². The van der Waals surface area contributed by atoms with Crippen molar-refractivity contribution >= 4 is 11.6 Å². The van der Waals surface area contributed by atoms with E-state index in [0.29, 0.717) is 42.3 Å². The maximum Gasteiger partial charge on any atom is 0.155 e. The summed E-state index contributed by atoms with van der Waals surface area (Å²) in [5, 5.41) is 0. The number of ketones is 2. The average molecular weight is 421 g/mol. The molecule has 5 rings (SSSR count). The summed E-state index contributed by atoms with van der Waals surface area (Å²) in [5.74, 6) is 2.48. The molecule has 4 aliphatic rings. The first-order chi connectivity index (χ1) is 14.8. The van der Waals surface area contributed by atoms with Crippen LogP contribution in [-0.4, -0.2) is 17.7 Å². The molecule has 7 atom stereocenters. The van der Waals surface area contributed by atoms with Crippen LogP contribution in [-0.2, 0) is 20.9 Å². The molecule has 1 aromatic carbocycles. The Balaban J connectivity index is 1.50. The number of carbonyl (C=O) groups excluding carboxylic acids is 2. The third-order valence-corrected chi connectivity index (χ3v) is 9.82. The maximum atomic E-state index is 12.7. The molecule has 0 radical (unpaired) electrons. The molecule has 0 spiro atoms. The Labute approximate surface area is 186 Å². The van der Waals surface area contributed by atoms with E-state index in [0.717, 1.165) is 38.5 Å². The van der Waals surface area contributed by atoms with Gasteiger partial charge in [0.15, 0.2) is 5.78 Å². The van der Waals surface area contributed by atoms with Crippen LogP contribution in [0.25, 0.3) is 0 Å². The highest BCUT2D eigenvalue weighted by Crippen LogP contribution is 2.67. The first-order valence-electron chi connectivity index (χ1n) is 12.2. The molecule has 0 saturated heterocycles. The molecule has 1 unspecified atom stereocenters. The first kappa shape index (κ1) is 21.1. The number of rotatable bonds is 4. The lowest BCUT2D eigenvalue weighted by atomic mass is 9.46. The van der Waals surface area contributed by atoms with E-state index in [1.807, 2.05) is 12.1 Å². The molecule has 31 heavy (non-hydrogen) atoms. The van der Waals surface area contributed by atoms with Crippen molar-refractivity contribution in [3.63, 3.8) is 0 Å². The molecule has 166 valence electrons. The quantitative estimate of drug-likeness (QED) is 0.607. The van der Waals surface area contributed by atoms with Crippen molar-refractivity contribution in [2.75, 3.05) is 0 Å². The summed E-state index contributed by atoms with van der Waals surface area (Å²) in [6.45, 7) is 7.17. The van der Waals surface area contributed by atoms with E-state index in [4.69, 9.17) is 4.74 Å². The number of hydrogen-bond donors (Lipinski definition) is 0. The van der Waals surface area contributed by atoms with Crippen LogP contribution in [0.3, 0.4) is 0 Å². The van der Waals surface area contributed by atoms with E-state index < -0.39 is 0 Å². The zero-order valence-electron chi connectivity index (χ0n) is 19.2. The van der Waals surface area contributed by atoms with Gasteiger partial charge in [-0.1, -0.05) is 49.8 Å². The molecule has 1 aromatic rings. The topological polar surface area (TPSA) is 43.4 Å². The fraction of sp³-hybridized carbons (Fsp3) is 0.643. The van der Waals surface area contributed by atoms with Crippen LogP contribution in [0.2, 0.25) is 0 Å². The van der Waals surface area contributed by atoms with Gasteiger partial charge in [-0.15, -0.1) is 0 Å². The van der Waals surface area contributed by atoms with Gasteiger partial charge in [0.2, 0.25) is 0 Å². The minimum absolute atomic E-state index is 0.0795. The first-order valence-corrected chi connectivity index (χ1v) is 12.2. The number of ether oxygens (including phenoxy) is 1. The summed E-state index contributed by atoms with van der Waals surface area (Å²) in [7, 11) is 0. The highest BCUT2D eigenvalue weighted by atomic mass is 16.5. The monoisotopic (exact) mass is 420 g/mol. The van der Waals surface area contributed by atoms with Gasteiger partial charge in [-0.05, 0) is 80.3 Å². The molecular formula is C28H36O3. The molecule has 3 heteroatoms. The second-order valence-electron chi connectivity index (χ2n) is 11.1. The predicted octanol–water partition coefficient (Wildman–Crippen LogP) is 5.92. The lowest BCUT2D eigenvalue weighted by Crippen LogP contribution is -2.57. The van der Waals surface area contributed by atoms with Crippen LogP contribution in [0, 0.1) is 34.5 Å². The number of allylic oxidation sites excluding steroid dienone is 1. The zero-order chi connectivity index (χ0) is 21.8. The largest absolute Gasteiger partial charge is 0.373 e. The Hall–Kier alpha value is -1.74. The Morgan fingerprint density at radius 3 is 2.58 bits per heavy atom. The van der Waals surface area contributed by atoms with Gasteiger partial charge in [0.05, 0.1) is 12.7 Å². The second kappa shape index (κ2) is 7.69. The van der Waals surface area contributed by atoms with Gasteiger partial charge in [0.25, 0.3) is 0 Å². The molecule has 0 heterocycles. The minimum atomic E-state index is -0.0795. The number of Topliss-reactive ketones (excluding diaryl/α,β-unsaturated/α-hetero) is 1. The summed E-state index contributed by atoms with van der Waals surface area (Å²) >= 11 is 0. The number of carbonyl (C=O) groups is 2. The van der Waals surface area contributed by atoms with Gasteiger partial charge < -0.3 is 4.74 Å². The summed E-state index contributed by atoms with van der Waals surface area (Å²) in [4.78, 5) is 24.9. The average Bonchev–Trinajstić information content (AvgIpc) is 3.12. The zero-order valence-corrected chi connectivity index (χ0v) is 19.2. The number of fused-ring (bicyclic) bond motifs is 5. The molecule has 0 aromatic heterocycles. The lowest BCUT2D eigenvalue weighted by Gasteiger charge is -2.60. The Morgan fingerprint density at radius 1 is 1.06 bits per heavy atom. The smallest absolute Gasteiger partial charge is 0.155 e. The Bertz CT molecular complexity index is 902. The van der Waals surface area contributed by atoms with Gasteiger partial charge in [0.1, 0.15) is 5.78 Å². The molecule has 0 amide bonds. The van der Waals surface area contributed by atoms with Crippen molar-refractivity contribution in [2.45, 2.75) is 78.4 Å². The number of hydrogen-bond acceptors (Lipinski definition) is 3. The summed E-state index contributed by atoms with van der Waals surface area (Å²) < 4.78 is 6.72. The molecule has 0 aliphatic heterocycles. The van der Waals surface area contributed by atoms with Gasteiger partial charge in [-0.3, -0.25) is 9.59 Å². The fourth-order valence-corrected chi connectivity index (χ4v) is 8.18. The fourth-order valence-electron chi connectivity index (χ4n) is 8.18. The van der Waals surface area contributed by atoms with E-state index in [9.17, 15) is 9.59 Å². The van der Waals surface area contributed by atoms with E-state index in [2.05, 4.69) is 38.1 Å². The lowest BCUT2D eigenvalue weighted by molar-refractivity contribution is -0.167. The molecule has 3 fully saturated rings. The molecule has 3 saturated carbocycles. The predicted molar refractivity (Wildman–Crippen MR) is 121 cm³/mol. The summed E-state index contributed by atoms with van der Waals surface area (Å²) in [5.41, 5.74) is 2.61. The van der Waals surface area contributed by atoms with Gasteiger partial charge in [0, 0.05) is 17.8 Å². The van der Waals surface area contributed by atoms with Crippen LogP contribution >= 0.6 is 0 Å². The molecule has 0 N–H and O–H groups in total. The van der Waals surface area contributed by atoms with Crippen molar-refractivity contribution < 1.29 is 14.3 Å². The van der Waals surface area contributed by atoms with Crippen LogP contribution in [0.5, 0.6) is 0 Å². The van der Waals surface area contributed by atoms with E-state index in [1.54, 1.807) is 6.92 Å². The van der Waals surface area contributed by atoms with Crippen molar-refractivity contribution in [2.24, 2.45) is 34.5 Å². The van der Waals surface area contributed by atoms with E-state index in [-0.39, 0.29) is 22.9 Å². The third-order valence-electron chi connectivity index (χ3n) is 9.82. The van der Waals surface area contributed by atoms with Gasteiger partial charge in [-0.25, -0.2) is 0 Å². The SMILES string of the molecule is CC(=O)[C@H]1CC[C@H]2[C@@H]3CCC4=CC(=O)CC[C@]4(C)[C@H]3CC(OCc3ccccc3)[C@]12C. The van der Waals surface area contributed by atoms with Crippen LogP contribution in [0.15, 0.2) is 42.0 Å². The molecular weight excluding hydrogens is 384 g/mol. The minimum Gasteiger partial charge on any atom is -0.373 e. The Morgan fingerprint density at radius 2 is 1.84 bits per heavy atom. The van der Waals surface area contributed by atoms with Crippen LogP contribution < -0.4 is 0 Å². The highest BCUT2D eigenvalue weighted by Gasteiger charge is 2.63. The second-order valence-corrected chi connectivity index (χ2v) is 11.1. The number of benzene rings is 1. The van der Waals surface area contributed by atoms with E-state index in [1.165, 1.54) is 11.1 Å². The van der Waals surface area contributed by atoms with Crippen molar-refractivity contribution in [1.82, 2.24) is 0 Å². The molecule has 3 nitrogen and oxygen atoms in total. The van der Waals surface area contributed by atoms with Crippen LogP contribution in [0.1, 0.15) is 71.3 Å². The standard InChI is InChI=1S/C28H36O3/c1-18(29)23-11-12-24-22-10-9-20-15-21(30)13-14-27(20,2)25(22)16-26(28(23,24)3)31-17-19-7-5-4-6-8-19/h4-8,15,22-26H,9-14,16-17H2,1-3H3/t22-,23+,24-,25-,26?,27-,28+/m0/s1. The molecule has 4 aliphatic carbocycles. The highest BCUT2D eigenvalue weighted by molar-refractivity contribution is 5.91. The summed E-state index contributed by atoms with van der Waals surface area (Å²) in [6.07, 6.45) is 9.08. The van der Waals surface area contributed by atoms with Crippen LogP contribution in [0.4, 0.5) is 0 Å². The maximum absolute atomic E-state index is 12.7. The van der Waals surface area contributed by atoms with Crippen molar-refractivity contribution in [3.05, 3.63) is 47.5 Å². The summed E-state index contributed by atoms with van der Waals surface area (Å²) in [6, 6.07) is 10.4. The van der Waals surface area contributed by atoms with Gasteiger partial charge in [-0.2, -0.15) is 0 Å². The van der Waals surface area contributed by atoms with E-state index >= 15 is 0 Å². The van der Waals surface area contributed by atoms with Crippen molar-refractivity contribution in [1.29, 1.82) is 0 Å². The molecule has 0 bridgehead atoms. The Kier molecular flexibility index (Phi) is 5.24. The third kappa shape index (κ3) is 3.26. The normalized spacial score (nSPS) is 41.7. The van der Waals surface area contributed by atoms with Gasteiger partial charge >= 0.3 is 0 Å².